The fraction of sp³-hybridized carbons (Fsp3) is 0.550. The zero-order chi connectivity index (χ0) is 21.4. The van der Waals surface area contributed by atoms with E-state index in [1.54, 1.807) is 28.2 Å². The highest BCUT2D eigenvalue weighted by atomic mass is 32.1. The van der Waals surface area contributed by atoms with E-state index in [4.69, 9.17) is 10.00 Å². The van der Waals surface area contributed by atoms with Crippen LogP contribution < -0.4 is 9.64 Å². The summed E-state index contributed by atoms with van der Waals surface area (Å²) >= 11 is 1.58. The maximum Gasteiger partial charge on any atom is 0.236 e. The van der Waals surface area contributed by atoms with E-state index in [0.717, 1.165) is 55.5 Å². The molecule has 2 aliphatic heterocycles. The largest absolute Gasteiger partial charge is 0.495 e. The molecule has 31 heavy (non-hydrogen) atoms. The number of anilines is 1. The number of rotatable bonds is 5. The Kier molecular flexibility index (Phi) is 5.21. The van der Waals surface area contributed by atoms with E-state index in [0.29, 0.717) is 29.0 Å². The fourth-order valence-electron chi connectivity index (χ4n) is 4.62. The zero-order valence-electron chi connectivity index (χ0n) is 17.3. The summed E-state index contributed by atoms with van der Waals surface area (Å²) < 4.78 is 6.97. The molecule has 10 nitrogen and oxygen atoms in total. The molecule has 1 N–H and O–H groups in total. The lowest BCUT2D eigenvalue weighted by molar-refractivity contribution is 0.0633. The Labute approximate surface area is 183 Å². The summed E-state index contributed by atoms with van der Waals surface area (Å²) in [6, 6.07) is 3.70. The number of pyridine rings is 1. The van der Waals surface area contributed by atoms with Gasteiger partial charge in [-0.2, -0.15) is 9.78 Å². The minimum absolute atomic E-state index is 0.309. The normalized spacial score (nSPS) is 19.7. The lowest BCUT2D eigenvalue weighted by Gasteiger charge is -2.39. The molecule has 5 heterocycles. The summed E-state index contributed by atoms with van der Waals surface area (Å²) in [6.45, 7) is 4.45. The molecular formula is C20H24N8O2S. The first-order chi connectivity index (χ1) is 15.1. The number of methoxy groups -OCH3 is 1. The molecule has 0 amide bonds. The number of hydrogen-bond acceptors (Lipinski definition) is 10. The van der Waals surface area contributed by atoms with Gasteiger partial charge in [0.05, 0.1) is 12.8 Å². The Morgan fingerprint density at radius 1 is 1.32 bits per heavy atom. The lowest BCUT2D eigenvalue weighted by atomic mass is 9.77. The van der Waals surface area contributed by atoms with Gasteiger partial charge in [0.25, 0.3) is 0 Å². The first-order valence-electron chi connectivity index (χ1n) is 10.4. The predicted octanol–water partition coefficient (Wildman–Crippen LogP) is 1.49. The Morgan fingerprint density at radius 2 is 2.13 bits per heavy atom. The monoisotopic (exact) mass is 440 g/mol. The van der Waals surface area contributed by atoms with E-state index >= 15 is 0 Å². The van der Waals surface area contributed by atoms with E-state index < -0.39 is 6.10 Å². The van der Waals surface area contributed by atoms with Crippen molar-refractivity contribution in [1.82, 2.24) is 29.7 Å². The summed E-state index contributed by atoms with van der Waals surface area (Å²) in [6.07, 6.45) is 5.76. The maximum absolute atomic E-state index is 10.7. The maximum atomic E-state index is 10.7. The molecule has 0 radical (unpaired) electrons. The fourth-order valence-corrected chi connectivity index (χ4v) is 5.47. The smallest absolute Gasteiger partial charge is 0.236 e. The van der Waals surface area contributed by atoms with Crippen molar-refractivity contribution in [3.05, 3.63) is 29.8 Å². The molecule has 2 aliphatic rings. The Morgan fingerprint density at radius 3 is 2.87 bits per heavy atom. The number of nitrogens with zero attached hydrogens (tertiary/aromatic N) is 8. The minimum Gasteiger partial charge on any atom is -0.495 e. The van der Waals surface area contributed by atoms with Crippen LogP contribution in [-0.2, 0) is 0 Å². The number of hydrogen-bond donors (Lipinski definition) is 1. The van der Waals surface area contributed by atoms with Gasteiger partial charge in [-0.05, 0) is 37.8 Å². The molecule has 0 aromatic carbocycles. The van der Waals surface area contributed by atoms with Gasteiger partial charge >= 0.3 is 0 Å². The van der Waals surface area contributed by atoms with Crippen molar-refractivity contribution in [2.75, 3.05) is 44.7 Å². The van der Waals surface area contributed by atoms with Gasteiger partial charge in [-0.3, -0.25) is 4.98 Å². The van der Waals surface area contributed by atoms with E-state index in [9.17, 15) is 5.11 Å². The van der Waals surface area contributed by atoms with Gasteiger partial charge in [0.2, 0.25) is 10.1 Å². The molecule has 0 saturated carbocycles. The van der Waals surface area contributed by atoms with Gasteiger partial charge in [-0.25, -0.2) is 0 Å². The Bertz CT molecular complexity index is 1090. The van der Waals surface area contributed by atoms with Crippen LogP contribution in [0.1, 0.15) is 36.6 Å². The van der Waals surface area contributed by atoms with Crippen molar-refractivity contribution < 1.29 is 9.84 Å². The SMILES string of the molecule is COc1cc([C@@H](O)CN2CCC3(CC2)CCN(c2nn4cnnc4s2)C3)ncc1C#N. The first-order valence-corrected chi connectivity index (χ1v) is 11.2. The summed E-state index contributed by atoms with van der Waals surface area (Å²) in [5.74, 6) is 0.445. The number of piperidine rings is 1. The van der Waals surface area contributed by atoms with Gasteiger partial charge < -0.3 is 19.6 Å². The number of aliphatic hydroxyl groups is 1. The summed E-state index contributed by atoms with van der Waals surface area (Å²) in [5, 5.41) is 33.4. The molecule has 3 aromatic heterocycles. The third-order valence-electron chi connectivity index (χ3n) is 6.50. The second-order valence-corrected chi connectivity index (χ2v) is 9.29. The lowest BCUT2D eigenvalue weighted by Crippen LogP contribution is -2.43. The van der Waals surface area contributed by atoms with Gasteiger partial charge in [0.15, 0.2) is 0 Å². The van der Waals surface area contributed by atoms with Crippen molar-refractivity contribution in [1.29, 1.82) is 5.26 Å². The summed E-state index contributed by atoms with van der Waals surface area (Å²) in [7, 11) is 1.52. The number of aromatic nitrogens is 5. The predicted molar refractivity (Wildman–Crippen MR) is 114 cm³/mol. The van der Waals surface area contributed by atoms with E-state index in [1.807, 2.05) is 6.07 Å². The van der Waals surface area contributed by atoms with Crippen LogP contribution in [0.3, 0.4) is 0 Å². The molecule has 2 fully saturated rings. The van der Waals surface area contributed by atoms with Crippen LogP contribution in [0.2, 0.25) is 0 Å². The molecule has 11 heteroatoms. The van der Waals surface area contributed by atoms with Crippen molar-refractivity contribution in [3.63, 3.8) is 0 Å². The molecule has 1 spiro atoms. The summed E-state index contributed by atoms with van der Waals surface area (Å²) in [5.41, 5.74) is 1.21. The van der Waals surface area contributed by atoms with Crippen LogP contribution in [0.15, 0.2) is 18.6 Å². The Hall–Kier alpha value is -2.81. The number of likely N-dealkylation sites (tertiary alicyclic amines) is 1. The first kappa shape index (κ1) is 20.1. The highest BCUT2D eigenvalue weighted by Crippen LogP contribution is 2.42. The number of ether oxygens (including phenoxy) is 1. The standard InChI is InChI=1S/C20H24N8O2S/c1-30-17-8-15(22-10-14(17)9-21)16(29)11-26-5-2-20(3-6-26)4-7-27(12-20)19-25-28-13-23-24-18(28)31-19/h8,10,13,16,29H,2-7,11-12H2,1H3/t16-/m0/s1. The zero-order valence-corrected chi connectivity index (χ0v) is 18.1. The van der Waals surface area contributed by atoms with Crippen LogP contribution in [0.25, 0.3) is 4.96 Å². The van der Waals surface area contributed by atoms with Gasteiger partial charge in [-0.1, -0.05) is 11.3 Å². The quantitative estimate of drug-likeness (QED) is 0.630. The van der Waals surface area contributed by atoms with E-state index in [1.165, 1.54) is 13.3 Å². The topological polar surface area (TPSA) is 116 Å². The summed E-state index contributed by atoms with van der Waals surface area (Å²) in [4.78, 5) is 9.75. The molecule has 1 atom stereocenters. The molecule has 2 saturated heterocycles. The van der Waals surface area contributed by atoms with Crippen LogP contribution in [-0.4, -0.2) is 74.6 Å². The molecule has 0 unspecified atom stereocenters. The van der Waals surface area contributed by atoms with Crippen molar-refractivity contribution in [2.45, 2.75) is 25.4 Å². The highest BCUT2D eigenvalue weighted by Gasteiger charge is 2.41. The van der Waals surface area contributed by atoms with Gasteiger partial charge in [-0.15, -0.1) is 15.3 Å². The third-order valence-corrected chi connectivity index (χ3v) is 7.48. The highest BCUT2D eigenvalue weighted by molar-refractivity contribution is 7.20. The second-order valence-electron chi connectivity index (χ2n) is 8.35. The van der Waals surface area contributed by atoms with Crippen molar-refractivity contribution in [2.24, 2.45) is 5.41 Å². The molecule has 162 valence electrons. The number of β-amino-alcohol motifs (C(OH)–C–C–N with tert-alkyl or cyclic N) is 1. The van der Waals surface area contributed by atoms with E-state index in [-0.39, 0.29) is 0 Å². The average Bonchev–Trinajstić information content (AvgIpc) is 3.50. The molecular weight excluding hydrogens is 416 g/mol. The molecule has 5 rings (SSSR count). The Balaban J connectivity index is 1.18. The van der Waals surface area contributed by atoms with Crippen LogP contribution in [0.4, 0.5) is 5.13 Å². The van der Waals surface area contributed by atoms with Crippen LogP contribution in [0, 0.1) is 16.7 Å². The van der Waals surface area contributed by atoms with Crippen molar-refractivity contribution in [3.8, 4) is 11.8 Å². The molecule has 0 aliphatic carbocycles. The average molecular weight is 441 g/mol. The van der Waals surface area contributed by atoms with E-state index in [2.05, 4.69) is 30.1 Å². The number of nitriles is 1. The third kappa shape index (κ3) is 3.82. The second kappa shape index (κ2) is 8.03. The van der Waals surface area contributed by atoms with Crippen molar-refractivity contribution >= 4 is 21.4 Å². The number of fused-ring (bicyclic) bond motifs is 1. The molecule has 3 aromatic rings. The number of aliphatic hydroxyl groups excluding tert-OH is 1. The minimum atomic E-state index is -0.712. The molecule has 0 bridgehead atoms. The van der Waals surface area contributed by atoms with Crippen LogP contribution >= 0.6 is 11.3 Å². The van der Waals surface area contributed by atoms with Crippen LogP contribution in [0.5, 0.6) is 5.75 Å². The van der Waals surface area contributed by atoms with Gasteiger partial charge in [0, 0.05) is 31.9 Å². The van der Waals surface area contributed by atoms with Gasteiger partial charge in [0.1, 0.15) is 29.8 Å².